The summed E-state index contributed by atoms with van der Waals surface area (Å²) in [5.41, 5.74) is 1.35. The molecule has 1 N–H and O–H groups in total. The molecule has 106 valence electrons. The van der Waals surface area contributed by atoms with Crippen LogP contribution in [0.1, 0.15) is 18.9 Å². The van der Waals surface area contributed by atoms with Crippen molar-refractivity contribution in [3.05, 3.63) is 48.0 Å². The molecule has 0 heterocycles. The molecule has 0 fully saturated rings. The summed E-state index contributed by atoms with van der Waals surface area (Å²) in [7, 11) is 0. The maximum absolute atomic E-state index is 11.7. The summed E-state index contributed by atoms with van der Waals surface area (Å²) in [5, 5.41) is 2.41. The molecule has 20 heavy (non-hydrogen) atoms. The molecule has 0 unspecified atom stereocenters. The van der Waals surface area contributed by atoms with Gasteiger partial charge in [-0.2, -0.15) is 0 Å². The Balaban J connectivity index is 2.30. The largest absolute Gasteiger partial charge is 0.444 e. The number of hydrogen-bond acceptors (Lipinski definition) is 4. The van der Waals surface area contributed by atoms with Crippen molar-refractivity contribution in [1.82, 2.24) is 5.32 Å². The number of amides is 1. The number of rotatable bonds is 7. The first kappa shape index (κ1) is 15.6. The zero-order chi connectivity index (χ0) is 15.0. The van der Waals surface area contributed by atoms with E-state index in [1.54, 1.807) is 0 Å². The van der Waals surface area contributed by atoms with Gasteiger partial charge >= 0.3 is 5.97 Å². The monoisotopic (exact) mass is 275 g/mol. The molecule has 0 bridgehead atoms. The maximum atomic E-state index is 11.7. The number of carbonyl (C=O) groups is 3. The highest BCUT2D eigenvalue weighted by Gasteiger charge is 2.09. The summed E-state index contributed by atoms with van der Waals surface area (Å²) in [6.07, 6.45) is 0.134. The van der Waals surface area contributed by atoms with Crippen LogP contribution in [0.15, 0.2) is 42.5 Å². The molecule has 0 radical (unpaired) electrons. The first-order valence-corrected chi connectivity index (χ1v) is 6.14. The van der Waals surface area contributed by atoms with Gasteiger partial charge in [-0.1, -0.05) is 36.9 Å². The molecule has 0 saturated carbocycles. The van der Waals surface area contributed by atoms with E-state index in [4.69, 9.17) is 4.74 Å². The summed E-state index contributed by atoms with van der Waals surface area (Å²) in [5.74, 6) is -1.33. The van der Waals surface area contributed by atoms with Crippen LogP contribution in [0.3, 0.4) is 0 Å². The Morgan fingerprint density at radius 3 is 2.45 bits per heavy atom. The second-order valence-corrected chi connectivity index (χ2v) is 4.31. The predicted molar refractivity (Wildman–Crippen MR) is 73.7 cm³/mol. The molecule has 0 aliphatic heterocycles. The number of carbonyl (C=O) groups excluding carboxylic acids is 3. The summed E-state index contributed by atoms with van der Waals surface area (Å²) >= 11 is 0. The second-order valence-electron chi connectivity index (χ2n) is 4.31. The number of esters is 1. The predicted octanol–water partition coefficient (Wildman–Crippen LogP) is 1.38. The molecule has 5 heteroatoms. The molecule has 1 amide bonds. The molecule has 0 saturated heterocycles. The third-order valence-corrected chi connectivity index (χ3v) is 2.44. The smallest absolute Gasteiger partial charge is 0.315 e. The Hall–Kier alpha value is -2.43. The van der Waals surface area contributed by atoms with Gasteiger partial charge in [0, 0.05) is 12.0 Å². The average molecular weight is 275 g/mol. The molecule has 1 aromatic carbocycles. The summed E-state index contributed by atoms with van der Waals surface area (Å²) in [6, 6.07) is 9.44. The van der Waals surface area contributed by atoms with Crippen LogP contribution >= 0.6 is 0 Å². The SMILES string of the molecule is C=C(Cc1ccccc1)C(=O)NCOC(=O)CC(C)=O. The van der Waals surface area contributed by atoms with E-state index in [2.05, 4.69) is 11.9 Å². The van der Waals surface area contributed by atoms with Crippen LogP contribution in [0.4, 0.5) is 0 Å². The Morgan fingerprint density at radius 2 is 1.85 bits per heavy atom. The zero-order valence-electron chi connectivity index (χ0n) is 11.3. The molecule has 0 atom stereocenters. The molecule has 0 aliphatic rings. The van der Waals surface area contributed by atoms with Crippen molar-refractivity contribution < 1.29 is 19.1 Å². The van der Waals surface area contributed by atoms with Crippen molar-refractivity contribution in [2.45, 2.75) is 19.8 Å². The van der Waals surface area contributed by atoms with Gasteiger partial charge in [-0.3, -0.25) is 14.4 Å². The second kappa shape index (κ2) is 7.89. The van der Waals surface area contributed by atoms with E-state index in [1.807, 2.05) is 30.3 Å². The van der Waals surface area contributed by atoms with Crippen LogP contribution in [0.2, 0.25) is 0 Å². The molecular weight excluding hydrogens is 258 g/mol. The average Bonchev–Trinajstić information content (AvgIpc) is 2.38. The molecule has 0 aliphatic carbocycles. The van der Waals surface area contributed by atoms with Gasteiger partial charge in [0.25, 0.3) is 0 Å². The molecule has 1 rings (SSSR count). The lowest BCUT2D eigenvalue weighted by atomic mass is 10.1. The minimum Gasteiger partial charge on any atom is -0.444 e. The van der Waals surface area contributed by atoms with E-state index in [0.717, 1.165) is 5.56 Å². The Bertz CT molecular complexity index is 508. The molecule has 5 nitrogen and oxygen atoms in total. The molecule has 1 aromatic rings. The summed E-state index contributed by atoms with van der Waals surface area (Å²) < 4.78 is 4.69. The van der Waals surface area contributed by atoms with Gasteiger partial charge in [0.1, 0.15) is 12.2 Å². The highest BCUT2D eigenvalue weighted by Crippen LogP contribution is 2.05. The van der Waals surface area contributed by atoms with E-state index >= 15 is 0 Å². The molecule has 0 aromatic heterocycles. The summed E-state index contributed by atoms with van der Waals surface area (Å²) in [6.45, 7) is 4.72. The van der Waals surface area contributed by atoms with E-state index < -0.39 is 5.97 Å². The topological polar surface area (TPSA) is 72.5 Å². The first-order valence-electron chi connectivity index (χ1n) is 6.14. The number of ketones is 1. The van der Waals surface area contributed by atoms with Crippen molar-refractivity contribution in [1.29, 1.82) is 0 Å². The Kier molecular flexibility index (Phi) is 6.16. The molecular formula is C15H17NO4. The fourth-order valence-electron chi connectivity index (χ4n) is 1.48. The van der Waals surface area contributed by atoms with Gasteiger partial charge in [0.2, 0.25) is 5.91 Å². The number of ether oxygens (including phenoxy) is 1. The van der Waals surface area contributed by atoms with Crippen molar-refractivity contribution in [2.24, 2.45) is 0 Å². The third-order valence-electron chi connectivity index (χ3n) is 2.44. The zero-order valence-corrected chi connectivity index (χ0v) is 11.3. The Labute approximate surface area is 117 Å². The Morgan fingerprint density at radius 1 is 1.20 bits per heavy atom. The van der Waals surface area contributed by atoms with Crippen molar-refractivity contribution in [3.63, 3.8) is 0 Å². The fraction of sp³-hybridized carbons (Fsp3) is 0.267. The minimum atomic E-state index is -0.661. The van der Waals surface area contributed by atoms with Crippen molar-refractivity contribution in [3.8, 4) is 0 Å². The van der Waals surface area contributed by atoms with E-state index in [1.165, 1.54) is 6.92 Å². The fourth-order valence-corrected chi connectivity index (χ4v) is 1.48. The normalized spacial score (nSPS) is 9.65. The van der Waals surface area contributed by atoms with Gasteiger partial charge in [-0.15, -0.1) is 0 Å². The van der Waals surface area contributed by atoms with Crippen molar-refractivity contribution >= 4 is 17.7 Å². The van der Waals surface area contributed by atoms with Crippen LogP contribution in [0.5, 0.6) is 0 Å². The minimum absolute atomic E-state index is 0.265. The maximum Gasteiger partial charge on any atom is 0.315 e. The van der Waals surface area contributed by atoms with Gasteiger partial charge in [0.15, 0.2) is 6.73 Å². The van der Waals surface area contributed by atoms with Gasteiger partial charge < -0.3 is 10.1 Å². The van der Waals surface area contributed by atoms with Gasteiger partial charge in [-0.25, -0.2) is 0 Å². The standard InChI is InChI=1S/C15H17NO4/c1-11(8-13-6-4-3-5-7-13)15(19)16-10-20-14(18)9-12(2)17/h3-7H,1,8-10H2,2H3,(H,16,19). The van der Waals surface area contributed by atoms with E-state index in [-0.39, 0.29) is 24.8 Å². The number of Topliss-reactive ketones (excluding diaryl/α,β-unsaturated/α-hetero) is 1. The van der Waals surface area contributed by atoms with Crippen LogP contribution < -0.4 is 5.32 Å². The number of hydrogen-bond donors (Lipinski definition) is 1. The number of benzene rings is 1. The highest BCUT2D eigenvalue weighted by molar-refractivity contribution is 5.95. The quantitative estimate of drug-likeness (QED) is 0.353. The third kappa shape index (κ3) is 5.95. The van der Waals surface area contributed by atoms with Gasteiger partial charge in [-0.05, 0) is 12.5 Å². The highest BCUT2D eigenvalue weighted by atomic mass is 16.5. The lowest BCUT2D eigenvalue weighted by molar-refractivity contribution is -0.146. The van der Waals surface area contributed by atoms with Crippen LogP contribution in [0, 0.1) is 0 Å². The molecule has 0 spiro atoms. The van der Waals surface area contributed by atoms with Crippen LogP contribution in [0.25, 0.3) is 0 Å². The van der Waals surface area contributed by atoms with Crippen molar-refractivity contribution in [2.75, 3.05) is 6.73 Å². The summed E-state index contributed by atoms with van der Waals surface area (Å²) in [4.78, 5) is 33.4. The van der Waals surface area contributed by atoms with Crippen LogP contribution in [-0.2, 0) is 25.5 Å². The van der Waals surface area contributed by atoms with Crippen LogP contribution in [-0.4, -0.2) is 24.4 Å². The first-order chi connectivity index (χ1) is 9.49. The van der Waals surface area contributed by atoms with E-state index in [0.29, 0.717) is 12.0 Å². The lowest BCUT2D eigenvalue weighted by Gasteiger charge is -2.08. The number of nitrogens with one attached hydrogen (secondary N) is 1. The lowest BCUT2D eigenvalue weighted by Crippen LogP contribution is -2.29. The van der Waals surface area contributed by atoms with Gasteiger partial charge in [0.05, 0.1) is 0 Å². The van der Waals surface area contributed by atoms with E-state index in [9.17, 15) is 14.4 Å².